The van der Waals surface area contributed by atoms with E-state index in [1.807, 2.05) is 0 Å². The van der Waals surface area contributed by atoms with Crippen LogP contribution >= 0.6 is 49.5 Å². The number of alkyl halides is 2. The average Bonchev–Trinajstić information content (AvgIpc) is 2.36. The van der Waals surface area contributed by atoms with Crippen LogP contribution in [0.4, 0.5) is 0 Å². The van der Waals surface area contributed by atoms with Crippen LogP contribution in [-0.2, 0) is 45.3 Å². The molecule has 0 spiro atoms. The van der Waals surface area contributed by atoms with Gasteiger partial charge in [0.15, 0.2) is 0 Å². The Hall–Kier alpha value is 2.64. The van der Waals surface area contributed by atoms with Crippen molar-refractivity contribution in [2.24, 2.45) is 0 Å². The largest absolute Gasteiger partial charge is 1.00 e. The van der Waals surface area contributed by atoms with Crippen molar-refractivity contribution in [1.29, 1.82) is 0 Å². The van der Waals surface area contributed by atoms with Crippen molar-refractivity contribution in [2.45, 2.75) is 113 Å². The fourth-order valence-corrected chi connectivity index (χ4v) is 5.61. The van der Waals surface area contributed by atoms with Gasteiger partial charge in [-0.15, -0.1) is 0 Å². The Kier molecular flexibility index (Phi) is 26.3. The zero-order valence-electron chi connectivity index (χ0n) is 23.3. The molecule has 18 heteroatoms. The molecular weight excluding hydrogens is 644 g/mol. The molecule has 0 aromatic heterocycles. The summed E-state index contributed by atoms with van der Waals surface area (Å²) in [5.41, 5.74) is -2.73. The van der Waals surface area contributed by atoms with Gasteiger partial charge >= 0.3 is 68.5 Å². The van der Waals surface area contributed by atoms with Gasteiger partial charge in [-0.25, -0.2) is 8.75 Å². The first-order valence-electron chi connectivity index (χ1n) is 10.0. The number of rotatable bonds is 8. The Bertz CT molecular complexity index is 764. The van der Waals surface area contributed by atoms with Crippen molar-refractivity contribution in [1.82, 2.24) is 0 Å². The maximum atomic E-state index is 12.1. The summed E-state index contributed by atoms with van der Waals surface area (Å²) in [6.07, 6.45) is 0. The van der Waals surface area contributed by atoms with Crippen LogP contribution in [-0.4, -0.2) is 43.0 Å². The van der Waals surface area contributed by atoms with Gasteiger partial charge in [-0.3, -0.25) is 18.1 Å². The van der Waals surface area contributed by atoms with E-state index < -0.39 is 53.4 Å². The van der Waals surface area contributed by atoms with Crippen LogP contribution in [0.5, 0.6) is 0 Å². The smallest absolute Gasteiger partial charge is 0.756 e. The van der Waals surface area contributed by atoms with Crippen LogP contribution < -0.4 is 56.3 Å². The predicted octanol–water partition coefficient (Wildman–Crippen LogP) is 4.35. The van der Waals surface area contributed by atoms with Crippen LogP contribution in [0.1, 0.15) is 90.5 Å². The third-order valence-electron chi connectivity index (χ3n) is 1.93. The molecule has 0 saturated heterocycles. The number of phosphoric acid groups is 2. The molecular formula is C19H44Cl3KO11P2S. The Morgan fingerprint density at radius 3 is 1.08 bits per heavy atom. The predicted molar refractivity (Wildman–Crippen MR) is 144 cm³/mol. The fraction of sp³-hybridized carbons (Fsp3) is 1.00. The van der Waals surface area contributed by atoms with Crippen molar-refractivity contribution in [3.63, 3.8) is 0 Å². The first-order valence-corrected chi connectivity index (χ1v) is 16.3. The second kappa shape index (κ2) is 19.8. The molecule has 0 atom stereocenters. The van der Waals surface area contributed by atoms with E-state index in [9.17, 15) is 22.4 Å². The van der Waals surface area contributed by atoms with E-state index in [1.165, 1.54) is 0 Å². The molecule has 0 aromatic rings. The summed E-state index contributed by atoms with van der Waals surface area (Å²) < 4.78 is 71.4. The molecule has 0 aromatic carbocycles. The summed E-state index contributed by atoms with van der Waals surface area (Å²) >= 11 is 10.2. The van der Waals surface area contributed by atoms with E-state index in [2.05, 4.69) is 14.9 Å². The minimum atomic E-state index is -4.19. The van der Waals surface area contributed by atoms with Gasteiger partial charge < -0.3 is 13.9 Å². The van der Waals surface area contributed by atoms with Gasteiger partial charge in [0.1, 0.15) is 12.1 Å². The molecule has 0 N–H and O–H groups in total. The zero-order valence-corrected chi connectivity index (χ0v) is 31.3. The summed E-state index contributed by atoms with van der Waals surface area (Å²) in [5.74, 6) is 0. The van der Waals surface area contributed by atoms with Gasteiger partial charge in [-0.1, -0.05) is 30.6 Å². The van der Waals surface area contributed by atoms with Crippen LogP contribution in [0.25, 0.3) is 0 Å². The minimum absolute atomic E-state index is 0. The summed E-state index contributed by atoms with van der Waals surface area (Å²) in [7, 11) is -7.11. The first-order chi connectivity index (χ1) is 14.9. The molecule has 37 heavy (non-hydrogen) atoms. The third-order valence-corrected chi connectivity index (χ3v) is 6.63. The summed E-state index contributed by atoms with van der Waals surface area (Å²) in [6.45, 7) is 20.5. The molecule has 0 radical (unpaired) electrons. The Balaban J connectivity index is -0.000000143. The Labute approximate surface area is 281 Å². The van der Waals surface area contributed by atoms with E-state index >= 15 is 0 Å². The van der Waals surface area contributed by atoms with E-state index in [0.717, 1.165) is 0 Å². The van der Waals surface area contributed by atoms with Crippen molar-refractivity contribution >= 4 is 58.9 Å². The quantitative estimate of drug-likeness (QED) is 0.155. The van der Waals surface area contributed by atoms with Gasteiger partial charge in [0.05, 0.1) is 22.4 Å². The maximum absolute atomic E-state index is 12.1. The fourth-order valence-electron chi connectivity index (χ4n) is 1.54. The van der Waals surface area contributed by atoms with E-state index in [-0.39, 0.29) is 64.9 Å². The Morgan fingerprint density at radius 2 is 0.946 bits per heavy atom. The monoisotopic (exact) mass is 686 g/mol. The molecule has 0 heterocycles. The number of hydrogen-bond acceptors (Lipinski definition) is 11. The molecule has 0 unspecified atom stereocenters. The van der Waals surface area contributed by atoms with Gasteiger partial charge in [0.2, 0.25) is 0 Å². The number of hydrogen-bond donors (Lipinski definition) is 0. The van der Waals surface area contributed by atoms with E-state index in [4.69, 9.17) is 45.8 Å². The van der Waals surface area contributed by atoms with Gasteiger partial charge in [0.25, 0.3) is 7.82 Å². The van der Waals surface area contributed by atoms with Crippen LogP contribution in [0.2, 0.25) is 0 Å². The summed E-state index contributed by atoms with van der Waals surface area (Å²) in [6, 6.07) is -0.671. The van der Waals surface area contributed by atoms with Crippen LogP contribution in [0, 0.1) is 0 Å². The normalized spacial score (nSPS) is 13.2. The molecule has 0 aliphatic rings. The van der Waals surface area contributed by atoms with Crippen molar-refractivity contribution in [3.05, 3.63) is 0 Å². The van der Waals surface area contributed by atoms with Crippen molar-refractivity contribution < 1.29 is 101 Å². The summed E-state index contributed by atoms with van der Waals surface area (Å²) in [4.78, 5) is 11.2. The second-order valence-electron chi connectivity index (χ2n) is 10.6. The maximum Gasteiger partial charge on any atom is 1.00 e. The molecule has 0 bridgehead atoms. The molecule has 0 aliphatic carbocycles. The molecule has 0 amide bonds. The van der Waals surface area contributed by atoms with Crippen LogP contribution in [0.3, 0.4) is 0 Å². The molecule has 0 saturated carbocycles. The number of halogens is 3. The Morgan fingerprint density at radius 1 is 0.676 bits per heavy atom. The van der Waals surface area contributed by atoms with E-state index in [0.29, 0.717) is 0 Å². The molecule has 0 aliphatic heterocycles. The number of phosphoric ester groups is 2. The summed E-state index contributed by atoms with van der Waals surface area (Å²) in [5, 5.41) is 0. The van der Waals surface area contributed by atoms with Crippen molar-refractivity contribution in [2.75, 3.05) is 12.1 Å². The molecule has 0 rings (SSSR count). The molecule has 11 nitrogen and oxygen atoms in total. The average molecular weight is 688 g/mol. The van der Waals surface area contributed by atoms with Gasteiger partial charge in [-0.05, 0) is 83.1 Å². The van der Waals surface area contributed by atoms with Crippen molar-refractivity contribution in [3.8, 4) is 0 Å². The second-order valence-corrected chi connectivity index (χ2v) is 15.9. The van der Waals surface area contributed by atoms with Crippen LogP contribution in [0.15, 0.2) is 0 Å². The minimum Gasteiger partial charge on any atom is -0.756 e. The standard InChI is InChI=1S/C9H20ClO4P.C8H19O4P.CH2Cl2O3S.CH4.K/c1-8(2,3)13-15(11,12-7-10)14-9(4,5)6;1-7(2,3)11-13(9,10)12-8(4,5)6;2-1-6-7(3,4)5;;/h7H2,1-6H3;1-6H3,(H,9,10);1H2;1H4;/q;;;;+1/p-1. The topological polar surface area (TPSA) is 147 Å². The molecule has 0 fully saturated rings. The first kappa shape index (κ1) is 49.3. The molecule has 224 valence electrons. The van der Waals surface area contributed by atoms with E-state index in [1.54, 1.807) is 83.1 Å². The third kappa shape index (κ3) is 43.2. The SMILES string of the molecule is C.CC(C)(C)OP(=O)(OCCl)OC(C)(C)C.CC(C)(C)OP(=O)([O-])OC(C)(C)C.O=S(=O)(Cl)OCCl.[K+]. The zero-order chi connectivity index (χ0) is 29.2. The van der Waals surface area contributed by atoms with Gasteiger partial charge in [-0.2, -0.15) is 8.42 Å². The van der Waals surface area contributed by atoms with Gasteiger partial charge in [0, 0.05) is 10.7 Å².